The summed E-state index contributed by atoms with van der Waals surface area (Å²) in [6.45, 7) is 9.75. The monoisotopic (exact) mass is 590 g/mol. The van der Waals surface area contributed by atoms with Gasteiger partial charge in [-0.1, -0.05) is 0 Å². The second-order valence-electron chi connectivity index (χ2n) is 9.21. The number of aromatic nitrogens is 2. The molecule has 0 spiro atoms. The van der Waals surface area contributed by atoms with Gasteiger partial charge < -0.3 is 18.9 Å². The number of hydrogen-bond acceptors (Lipinski definition) is 10. The van der Waals surface area contributed by atoms with Crippen LogP contribution in [0.15, 0.2) is 0 Å². The lowest BCUT2D eigenvalue weighted by Crippen LogP contribution is -2.26. The Labute approximate surface area is 243 Å². The van der Waals surface area contributed by atoms with Crippen LogP contribution in [-0.2, 0) is 28.5 Å². The first-order valence-corrected chi connectivity index (χ1v) is 13.4. The molecule has 2 amide bonds. The van der Waals surface area contributed by atoms with Gasteiger partial charge in [0.15, 0.2) is 0 Å². The normalized spacial score (nSPS) is 10.6. The van der Waals surface area contributed by atoms with Crippen molar-refractivity contribution in [2.75, 3.05) is 38.3 Å². The van der Waals surface area contributed by atoms with Gasteiger partial charge in [0.1, 0.15) is 0 Å². The standard InChI is InChI=1S/C28H38N4O10/c1-9-41-27(37)23-17(5)31(15(3)21(23)25(35)39-7)29-19(33)13-11-12-14-20(34)30-32-16(4)22(26(36)40-8)24(18(32)6)28(38)42-10-2/h9-14H2,1-8H3,(H,29,33)(H,30,34). The topological polar surface area (TPSA) is 173 Å². The van der Waals surface area contributed by atoms with Gasteiger partial charge in [-0.15, -0.1) is 0 Å². The van der Waals surface area contributed by atoms with Gasteiger partial charge in [-0.2, -0.15) is 0 Å². The fourth-order valence-electron chi connectivity index (χ4n) is 4.55. The number of nitrogens with zero attached hydrogens (tertiary/aromatic N) is 2. The van der Waals surface area contributed by atoms with Crippen LogP contribution in [0.4, 0.5) is 0 Å². The smallest absolute Gasteiger partial charge is 0.340 e. The Morgan fingerprint density at radius 1 is 0.548 bits per heavy atom. The molecule has 14 heteroatoms. The van der Waals surface area contributed by atoms with Crippen molar-refractivity contribution >= 4 is 35.7 Å². The highest BCUT2D eigenvalue weighted by molar-refractivity contribution is 6.06. The summed E-state index contributed by atoms with van der Waals surface area (Å²) in [6, 6.07) is 0. The molecule has 0 aliphatic rings. The minimum absolute atomic E-state index is 0.00231. The van der Waals surface area contributed by atoms with Crippen molar-refractivity contribution in [3.05, 3.63) is 45.0 Å². The lowest BCUT2D eigenvalue weighted by molar-refractivity contribution is -0.119. The fourth-order valence-corrected chi connectivity index (χ4v) is 4.55. The molecule has 0 unspecified atom stereocenters. The highest BCUT2D eigenvalue weighted by Gasteiger charge is 2.31. The van der Waals surface area contributed by atoms with Crippen molar-refractivity contribution in [2.45, 2.75) is 67.2 Å². The van der Waals surface area contributed by atoms with E-state index in [1.165, 1.54) is 23.6 Å². The van der Waals surface area contributed by atoms with Crippen LogP contribution in [0.25, 0.3) is 0 Å². The molecule has 0 saturated carbocycles. The second kappa shape index (κ2) is 14.8. The Bertz CT molecular complexity index is 1280. The molecule has 0 atom stereocenters. The van der Waals surface area contributed by atoms with E-state index in [9.17, 15) is 28.8 Å². The molecule has 2 N–H and O–H groups in total. The van der Waals surface area contributed by atoms with Crippen molar-refractivity contribution in [3.63, 3.8) is 0 Å². The molecular formula is C28H38N4O10. The summed E-state index contributed by atoms with van der Waals surface area (Å²) >= 11 is 0. The maximum Gasteiger partial charge on any atom is 0.340 e. The number of ether oxygens (including phenoxy) is 4. The Hall–Kier alpha value is -4.62. The lowest BCUT2D eigenvalue weighted by Gasteiger charge is -2.13. The largest absolute Gasteiger partial charge is 0.465 e. The van der Waals surface area contributed by atoms with E-state index in [0.29, 0.717) is 35.6 Å². The van der Waals surface area contributed by atoms with Crippen molar-refractivity contribution in [1.82, 2.24) is 9.35 Å². The zero-order chi connectivity index (χ0) is 31.7. The molecule has 230 valence electrons. The maximum atomic E-state index is 12.7. The summed E-state index contributed by atoms with van der Waals surface area (Å²) in [4.78, 5) is 75.1. The van der Waals surface area contributed by atoms with Gasteiger partial charge in [-0.25, -0.2) is 19.2 Å². The van der Waals surface area contributed by atoms with Crippen LogP contribution in [0.1, 0.15) is 104 Å². The van der Waals surface area contributed by atoms with Crippen LogP contribution >= 0.6 is 0 Å². The molecule has 0 aromatic carbocycles. The molecule has 0 radical (unpaired) electrons. The van der Waals surface area contributed by atoms with Crippen molar-refractivity contribution < 1.29 is 47.7 Å². The predicted molar refractivity (Wildman–Crippen MR) is 150 cm³/mol. The summed E-state index contributed by atoms with van der Waals surface area (Å²) in [6.07, 6.45) is 0.790. The van der Waals surface area contributed by atoms with Gasteiger partial charge in [-0.3, -0.25) is 29.8 Å². The zero-order valence-electron chi connectivity index (χ0n) is 25.2. The summed E-state index contributed by atoms with van der Waals surface area (Å²) in [7, 11) is 2.38. The fraction of sp³-hybridized carbons (Fsp3) is 0.500. The van der Waals surface area contributed by atoms with Crippen molar-refractivity contribution in [3.8, 4) is 0 Å². The number of unbranched alkanes of at least 4 members (excludes halogenated alkanes) is 1. The van der Waals surface area contributed by atoms with Crippen LogP contribution in [0.2, 0.25) is 0 Å². The Morgan fingerprint density at radius 2 is 0.833 bits per heavy atom. The van der Waals surface area contributed by atoms with E-state index in [1.807, 2.05) is 0 Å². The molecule has 2 heterocycles. The van der Waals surface area contributed by atoms with E-state index in [-0.39, 0.29) is 48.3 Å². The predicted octanol–water partition coefficient (Wildman–Crippen LogP) is 2.85. The zero-order valence-corrected chi connectivity index (χ0v) is 25.2. The summed E-state index contributed by atoms with van der Waals surface area (Å²) in [5.41, 5.74) is 6.61. The van der Waals surface area contributed by atoms with Crippen LogP contribution in [0.5, 0.6) is 0 Å². The van der Waals surface area contributed by atoms with E-state index in [0.717, 1.165) is 0 Å². The minimum Gasteiger partial charge on any atom is -0.465 e. The number of carbonyl (C=O) groups is 6. The van der Waals surface area contributed by atoms with Gasteiger partial charge in [0, 0.05) is 12.8 Å². The Balaban J connectivity index is 2.07. The van der Waals surface area contributed by atoms with Gasteiger partial charge in [0.2, 0.25) is 11.8 Å². The van der Waals surface area contributed by atoms with Crippen LogP contribution in [0, 0.1) is 27.7 Å². The van der Waals surface area contributed by atoms with Gasteiger partial charge in [0.25, 0.3) is 0 Å². The Kier molecular flexibility index (Phi) is 11.9. The third-order valence-corrected chi connectivity index (χ3v) is 6.56. The van der Waals surface area contributed by atoms with E-state index in [2.05, 4.69) is 10.9 Å². The number of nitrogens with one attached hydrogen (secondary N) is 2. The molecule has 0 fully saturated rings. The van der Waals surface area contributed by atoms with Crippen molar-refractivity contribution in [1.29, 1.82) is 0 Å². The van der Waals surface area contributed by atoms with E-state index < -0.39 is 35.7 Å². The third kappa shape index (κ3) is 7.17. The molecule has 0 aliphatic heterocycles. The van der Waals surface area contributed by atoms with E-state index in [4.69, 9.17) is 18.9 Å². The Morgan fingerprint density at radius 3 is 1.10 bits per heavy atom. The first-order chi connectivity index (χ1) is 19.9. The third-order valence-electron chi connectivity index (χ3n) is 6.56. The number of hydrogen-bond donors (Lipinski definition) is 2. The molecule has 0 saturated heterocycles. The highest BCUT2D eigenvalue weighted by Crippen LogP contribution is 2.25. The molecule has 2 aromatic rings. The SMILES string of the molecule is CCOC(=O)c1c(C(=O)OC)c(C)n(NC(=O)CCCCC(=O)Nn2c(C)c(C(=O)OC)c(C(=O)OCC)c2C)c1C. The molecule has 0 bridgehead atoms. The molecular weight excluding hydrogens is 552 g/mol. The summed E-state index contributed by atoms with van der Waals surface area (Å²) in [5.74, 6) is -3.69. The van der Waals surface area contributed by atoms with Crippen LogP contribution in [0.3, 0.4) is 0 Å². The molecule has 14 nitrogen and oxygen atoms in total. The minimum atomic E-state index is -0.737. The van der Waals surface area contributed by atoms with E-state index >= 15 is 0 Å². The van der Waals surface area contributed by atoms with Gasteiger partial charge in [0.05, 0.1) is 72.5 Å². The van der Waals surface area contributed by atoms with Crippen LogP contribution < -0.4 is 10.9 Å². The molecule has 42 heavy (non-hydrogen) atoms. The first-order valence-electron chi connectivity index (χ1n) is 13.4. The first kappa shape index (κ1) is 33.6. The second-order valence-corrected chi connectivity index (χ2v) is 9.21. The van der Waals surface area contributed by atoms with Gasteiger partial charge >= 0.3 is 23.9 Å². The number of carbonyl (C=O) groups excluding carboxylic acids is 6. The average molecular weight is 591 g/mol. The molecule has 0 aliphatic carbocycles. The maximum absolute atomic E-state index is 12.7. The summed E-state index contributed by atoms with van der Waals surface area (Å²) in [5, 5.41) is 0. The number of esters is 4. The highest BCUT2D eigenvalue weighted by atomic mass is 16.5. The van der Waals surface area contributed by atoms with E-state index in [1.54, 1.807) is 41.5 Å². The quantitative estimate of drug-likeness (QED) is 0.201. The van der Waals surface area contributed by atoms with Gasteiger partial charge in [-0.05, 0) is 54.4 Å². The molecule has 2 rings (SSSR count). The number of rotatable bonds is 13. The number of methoxy groups -OCH3 is 2. The van der Waals surface area contributed by atoms with Crippen molar-refractivity contribution in [2.24, 2.45) is 0 Å². The number of amides is 2. The average Bonchev–Trinajstić information content (AvgIpc) is 3.34. The molecule has 2 aromatic heterocycles. The van der Waals surface area contributed by atoms with Crippen LogP contribution in [-0.4, -0.2) is 72.5 Å². The lowest BCUT2D eigenvalue weighted by atomic mass is 10.1. The summed E-state index contributed by atoms with van der Waals surface area (Å²) < 4.78 is 22.4.